The Bertz CT molecular complexity index is 521. The number of nitrogens with zero attached hydrogens (tertiary/aromatic N) is 1. The highest BCUT2D eigenvalue weighted by Crippen LogP contribution is 2.23. The van der Waals surface area contributed by atoms with Gasteiger partial charge in [0.05, 0.1) is 16.0 Å². The Kier molecular flexibility index (Phi) is 4.19. The Hall–Kier alpha value is -1.43. The number of halogens is 2. The number of rotatable bonds is 2. The SMILES string of the molecule is O=C(O)[C@H]1CCCN(C(=O)c2cccc(Br)c2F)C1. The van der Waals surface area contributed by atoms with Crippen molar-refractivity contribution in [3.05, 3.63) is 34.1 Å². The van der Waals surface area contributed by atoms with Crippen LogP contribution in [0.4, 0.5) is 4.39 Å². The average molecular weight is 330 g/mol. The van der Waals surface area contributed by atoms with Gasteiger partial charge in [0.1, 0.15) is 5.82 Å². The summed E-state index contributed by atoms with van der Waals surface area (Å²) in [5.74, 6) is -2.53. The second kappa shape index (κ2) is 5.69. The first-order valence-corrected chi connectivity index (χ1v) is 6.76. The Morgan fingerprint density at radius 2 is 2.16 bits per heavy atom. The van der Waals surface area contributed by atoms with Crippen molar-refractivity contribution in [3.8, 4) is 0 Å². The number of hydrogen-bond donors (Lipinski definition) is 1. The van der Waals surface area contributed by atoms with Crippen LogP contribution >= 0.6 is 15.9 Å². The van der Waals surface area contributed by atoms with Gasteiger partial charge in [-0.2, -0.15) is 0 Å². The van der Waals surface area contributed by atoms with Crippen molar-refractivity contribution in [1.82, 2.24) is 4.90 Å². The third kappa shape index (κ3) is 2.94. The van der Waals surface area contributed by atoms with Gasteiger partial charge in [-0.25, -0.2) is 4.39 Å². The number of carbonyl (C=O) groups excluding carboxylic acids is 1. The van der Waals surface area contributed by atoms with Gasteiger partial charge in [-0.15, -0.1) is 0 Å². The minimum absolute atomic E-state index is 0.0274. The number of benzene rings is 1. The summed E-state index contributed by atoms with van der Waals surface area (Å²) in [6.45, 7) is 0.606. The van der Waals surface area contributed by atoms with E-state index in [1.807, 2.05) is 0 Å². The van der Waals surface area contributed by atoms with Crippen LogP contribution in [-0.4, -0.2) is 35.0 Å². The molecule has 1 aromatic carbocycles. The molecule has 1 atom stereocenters. The Morgan fingerprint density at radius 1 is 1.42 bits per heavy atom. The molecule has 0 aliphatic carbocycles. The van der Waals surface area contributed by atoms with Crippen LogP contribution in [-0.2, 0) is 4.79 Å². The maximum Gasteiger partial charge on any atom is 0.308 e. The highest BCUT2D eigenvalue weighted by Gasteiger charge is 2.29. The molecule has 0 radical (unpaired) electrons. The van der Waals surface area contributed by atoms with Crippen molar-refractivity contribution in [2.45, 2.75) is 12.8 Å². The number of aliphatic carboxylic acids is 1. The molecular formula is C13H13BrFNO3. The van der Waals surface area contributed by atoms with Crippen LogP contribution in [0.25, 0.3) is 0 Å². The number of carboxylic acids is 1. The Balaban J connectivity index is 2.19. The first-order chi connectivity index (χ1) is 9.00. The second-order valence-corrected chi connectivity index (χ2v) is 5.38. The molecule has 1 saturated heterocycles. The number of carbonyl (C=O) groups is 2. The smallest absolute Gasteiger partial charge is 0.308 e. The monoisotopic (exact) mass is 329 g/mol. The molecule has 0 unspecified atom stereocenters. The summed E-state index contributed by atoms with van der Waals surface area (Å²) in [6.07, 6.45) is 1.18. The molecule has 6 heteroatoms. The van der Waals surface area contributed by atoms with Gasteiger partial charge >= 0.3 is 5.97 Å². The van der Waals surface area contributed by atoms with Gasteiger partial charge in [0, 0.05) is 13.1 Å². The summed E-state index contributed by atoms with van der Waals surface area (Å²) in [7, 11) is 0. The maximum atomic E-state index is 13.9. The number of hydrogen-bond acceptors (Lipinski definition) is 2. The van der Waals surface area contributed by atoms with Gasteiger partial charge in [0.2, 0.25) is 0 Å². The predicted molar refractivity (Wildman–Crippen MR) is 70.4 cm³/mol. The van der Waals surface area contributed by atoms with Crippen LogP contribution in [0.3, 0.4) is 0 Å². The molecule has 1 amide bonds. The van der Waals surface area contributed by atoms with E-state index in [4.69, 9.17) is 5.11 Å². The summed E-state index contributed by atoms with van der Waals surface area (Å²) in [5.41, 5.74) is -0.0274. The standard InChI is InChI=1S/C13H13BrFNO3/c14-10-5-1-4-9(11(10)15)12(17)16-6-2-3-8(7-16)13(18)19/h1,4-5,8H,2-3,6-7H2,(H,18,19)/t8-/m0/s1. The minimum atomic E-state index is -0.910. The van der Waals surface area contributed by atoms with Crippen LogP contribution in [0, 0.1) is 11.7 Å². The highest BCUT2D eigenvalue weighted by molar-refractivity contribution is 9.10. The van der Waals surface area contributed by atoms with Gasteiger partial charge in [-0.1, -0.05) is 6.07 Å². The van der Waals surface area contributed by atoms with Crippen LogP contribution in [0.15, 0.2) is 22.7 Å². The van der Waals surface area contributed by atoms with Crippen molar-refractivity contribution < 1.29 is 19.1 Å². The quantitative estimate of drug-likeness (QED) is 0.907. The normalized spacial score (nSPS) is 19.3. The lowest BCUT2D eigenvalue weighted by Crippen LogP contribution is -2.42. The van der Waals surface area contributed by atoms with E-state index in [1.54, 1.807) is 6.07 Å². The van der Waals surface area contributed by atoms with Crippen molar-refractivity contribution in [2.24, 2.45) is 5.92 Å². The first-order valence-electron chi connectivity index (χ1n) is 5.97. The van der Waals surface area contributed by atoms with Gasteiger partial charge in [0.25, 0.3) is 5.91 Å². The molecule has 1 aliphatic heterocycles. The molecule has 102 valence electrons. The average Bonchev–Trinajstić information content (AvgIpc) is 2.41. The summed E-state index contributed by atoms with van der Waals surface area (Å²) in [6, 6.07) is 4.51. The molecule has 1 aromatic rings. The number of piperidine rings is 1. The zero-order valence-electron chi connectivity index (χ0n) is 10.1. The van der Waals surface area contributed by atoms with Crippen LogP contribution in [0.5, 0.6) is 0 Å². The zero-order valence-corrected chi connectivity index (χ0v) is 11.7. The summed E-state index contributed by atoms with van der Waals surface area (Å²) in [4.78, 5) is 24.6. The molecule has 19 heavy (non-hydrogen) atoms. The zero-order chi connectivity index (χ0) is 14.0. The molecular weight excluding hydrogens is 317 g/mol. The first kappa shape index (κ1) is 14.0. The Morgan fingerprint density at radius 3 is 2.84 bits per heavy atom. The van der Waals surface area contributed by atoms with Gasteiger partial charge < -0.3 is 10.0 Å². The third-order valence-corrected chi connectivity index (χ3v) is 3.85. The predicted octanol–water partition coefficient (Wildman–Crippen LogP) is 2.53. The fraction of sp³-hybridized carbons (Fsp3) is 0.385. The summed E-state index contributed by atoms with van der Waals surface area (Å²) in [5, 5.41) is 8.99. The van der Waals surface area contributed by atoms with Gasteiger partial charge in [-0.3, -0.25) is 9.59 Å². The highest BCUT2D eigenvalue weighted by atomic mass is 79.9. The molecule has 0 spiro atoms. The van der Waals surface area contributed by atoms with E-state index in [-0.39, 0.29) is 16.6 Å². The largest absolute Gasteiger partial charge is 0.481 e. The van der Waals surface area contributed by atoms with E-state index in [9.17, 15) is 14.0 Å². The summed E-state index contributed by atoms with van der Waals surface area (Å²) < 4.78 is 14.1. The van der Waals surface area contributed by atoms with Crippen molar-refractivity contribution in [2.75, 3.05) is 13.1 Å². The lowest BCUT2D eigenvalue weighted by molar-refractivity contribution is -0.143. The van der Waals surface area contributed by atoms with E-state index < -0.39 is 23.6 Å². The molecule has 0 saturated carbocycles. The van der Waals surface area contributed by atoms with Crippen LogP contribution < -0.4 is 0 Å². The Labute approximate surface area is 118 Å². The molecule has 1 aliphatic rings. The minimum Gasteiger partial charge on any atom is -0.481 e. The summed E-state index contributed by atoms with van der Waals surface area (Å²) >= 11 is 3.03. The second-order valence-electron chi connectivity index (χ2n) is 4.53. The molecule has 2 rings (SSSR count). The molecule has 4 nitrogen and oxygen atoms in total. The van der Waals surface area contributed by atoms with Crippen molar-refractivity contribution in [3.63, 3.8) is 0 Å². The van der Waals surface area contributed by atoms with Gasteiger partial charge in [-0.05, 0) is 40.9 Å². The maximum absolute atomic E-state index is 13.9. The fourth-order valence-electron chi connectivity index (χ4n) is 2.20. The topological polar surface area (TPSA) is 57.6 Å². The van der Waals surface area contributed by atoms with Crippen molar-refractivity contribution >= 4 is 27.8 Å². The van der Waals surface area contributed by atoms with Gasteiger partial charge in [0.15, 0.2) is 0 Å². The van der Waals surface area contributed by atoms with E-state index in [2.05, 4.69) is 15.9 Å². The molecule has 1 fully saturated rings. The van der Waals surface area contributed by atoms with E-state index >= 15 is 0 Å². The van der Waals surface area contributed by atoms with Crippen LogP contribution in [0.2, 0.25) is 0 Å². The molecule has 0 bridgehead atoms. The van der Waals surface area contributed by atoms with E-state index in [1.165, 1.54) is 17.0 Å². The lowest BCUT2D eigenvalue weighted by atomic mass is 9.97. The number of amides is 1. The van der Waals surface area contributed by atoms with E-state index in [0.717, 1.165) is 0 Å². The molecule has 0 aromatic heterocycles. The molecule has 1 N–H and O–H groups in total. The third-order valence-electron chi connectivity index (χ3n) is 3.24. The molecule has 1 heterocycles. The number of carboxylic acid groups (broad SMARTS) is 1. The van der Waals surface area contributed by atoms with Crippen LogP contribution in [0.1, 0.15) is 23.2 Å². The van der Waals surface area contributed by atoms with Crippen molar-refractivity contribution in [1.29, 1.82) is 0 Å². The fourth-order valence-corrected chi connectivity index (χ4v) is 2.57. The number of likely N-dealkylation sites (tertiary alicyclic amines) is 1. The lowest BCUT2D eigenvalue weighted by Gasteiger charge is -2.30. The van der Waals surface area contributed by atoms with E-state index in [0.29, 0.717) is 19.4 Å².